The van der Waals surface area contributed by atoms with Crippen LogP contribution in [0.25, 0.3) is 0 Å². The standard InChI is InChI=1S/C6H10O2/c1-4-2-3-5(7)6(4)8/h5-8H,1-3H2. The molecule has 2 unspecified atom stereocenters. The van der Waals surface area contributed by atoms with Crippen LogP contribution < -0.4 is 0 Å². The summed E-state index contributed by atoms with van der Waals surface area (Å²) in [7, 11) is 0. The van der Waals surface area contributed by atoms with Gasteiger partial charge in [-0.05, 0) is 18.4 Å². The fraction of sp³-hybridized carbons (Fsp3) is 0.667. The molecule has 0 saturated heterocycles. The van der Waals surface area contributed by atoms with E-state index in [0.717, 1.165) is 12.0 Å². The van der Waals surface area contributed by atoms with Crippen molar-refractivity contribution >= 4 is 0 Å². The van der Waals surface area contributed by atoms with Crippen molar-refractivity contribution in [1.29, 1.82) is 0 Å². The Morgan fingerprint density at radius 2 is 2.12 bits per heavy atom. The van der Waals surface area contributed by atoms with Crippen molar-refractivity contribution in [3.8, 4) is 0 Å². The van der Waals surface area contributed by atoms with Gasteiger partial charge < -0.3 is 10.2 Å². The molecular formula is C6H10O2. The number of aliphatic hydroxyl groups excluding tert-OH is 2. The number of hydrogen-bond acceptors (Lipinski definition) is 2. The van der Waals surface area contributed by atoms with Crippen LogP contribution in [0.4, 0.5) is 0 Å². The van der Waals surface area contributed by atoms with Gasteiger partial charge >= 0.3 is 0 Å². The Morgan fingerprint density at radius 3 is 2.25 bits per heavy atom. The minimum absolute atomic E-state index is 0.553. The summed E-state index contributed by atoms with van der Waals surface area (Å²) in [4.78, 5) is 0. The maximum absolute atomic E-state index is 8.92. The molecule has 1 aliphatic rings. The zero-order valence-electron chi connectivity index (χ0n) is 4.67. The molecule has 0 amide bonds. The highest BCUT2D eigenvalue weighted by Gasteiger charge is 2.25. The molecule has 0 spiro atoms. The lowest BCUT2D eigenvalue weighted by Gasteiger charge is -2.05. The van der Waals surface area contributed by atoms with E-state index in [4.69, 9.17) is 10.2 Å². The molecule has 1 fully saturated rings. The molecule has 1 saturated carbocycles. The average molecular weight is 114 g/mol. The van der Waals surface area contributed by atoms with Gasteiger partial charge in [-0.3, -0.25) is 0 Å². The molecule has 2 nitrogen and oxygen atoms in total. The summed E-state index contributed by atoms with van der Waals surface area (Å²) in [5.41, 5.74) is 0.762. The monoisotopic (exact) mass is 114 g/mol. The maximum Gasteiger partial charge on any atom is 0.101 e. The van der Waals surface area contributed by atoms with Crippen LogP contribution in [0.5, 0.6) is 0 Å². The normalized spacial score (nSPS) is 38.5. The van der Waals surface area contributed by atoms with Crippen LogP contribution in [-0.2, 0) is 0 Å². The molecule has 0 aromatic rings. The van der Waals surface area contributed by atoms with E-state index in [-0.39, 0.29) is 0 Å². The van der Waals surface area contributed by atoms with Crippen molar-refractivity contribution in [2.45, 2.75) is 25.0 Å². The van der Waals surface area contributed by atoms with Gasteiger partial charge in [0.15, 0.2) is 0 Å². The first-order valence-corrected chi connectivity index (χ1v) is 2.75. The second-order valence-electron chi connectivity index (χ2n) is 2.21. The molecule has 46 valence electrons. The van der Waals surface area contributed by atoms with Gasteiger partial charge in [-0.1, -0.05) is 6.58 Å². The zero-order chi connectivity index (χ0) is 6.15. The molecule has 2 heteroatoms. The van der Waals surface area contributed by atoms with E-state index < -0.39 is 12.2 Å². The van der Waals surface area contributed by atoms with Crippen molar-refractivity contribution in [1.82, 2.24) is 0 Å². The molecule has 0 radical (unpaired) electrons. The molecule has 1 rings (SSSR count). The molecule has 0 aromatic heterocycles. The van der Waals surface area contributed by atoms with E-state index >= 15 is 0 Å². The first-order chi connectivity index (χ1) is 3.72. The molecule has 8 heavy (non-hydrogen) atoms. The Bertz CT molecular complexity index is 109. The van der Waals surface area contributed by atoms with Gasteiger partial charge in [0.05, 0.1) is 6.10 Å². The van der Waals surface area contributed by atoms with E-state index in [2.05, 4.69) is 6.58 Å². The molecule has 2 N–H and O–H groups in total. The average Bonchev–Trinajstić information content (AvgIpc) is 1.98. The van der Waals surface area contributed by atoms with Gasteiger partial charge in [-0.25, -0.2) is 0 Å². The van der Waals surface area contributed by atoms with Crippen LogP contribution in [0.15, 0.2) is 12.2 Å². The van der Waals surface area contributed by atoms with Gasteiger partial charge in [0.1, 0.15) is 6.10 Å². The van der Waals surface area contributed by atoms with E-state index in [1.54, 1.807) is 0 Å². The minimum atomic E-state index is -0.657. The minimum Gasteiger partial charge on any atom is -0.390 e. The summed E-state index contributed by atoms with van der Waals surface area (Å²) in [5, 5.41) is 17.8. The maximum atomic E-state index is 8.92. The molecule has 0 bridgehead atoms. The lowest BCUT2D eigenvalue weighted by Crippen LogP contribution is -2.18. The zero-order valence-corrected chi connectivity index (χ0v) is 4.67. The molecule has 0 aromatic carbocycles. The van der Waals surface area contributed by atoms with Gasteiger partial charge in [0.25, 0.3) is 0 Å². The summed E-state index contributed by atoms with van der Waals surface area (Å²) in [5.74, 6) is 0. The molecule has 0 heterocycles. The van der Waals surface area contributed by atoms with Crippen molar-refractivity contribution in [3.63, 3.8) is 0 Å². The Morgan fingerprint density at radius 1 is 1.50 bits per heavy atom. The molecular weight excluding hydrogens is 104 g/mol. The summed E-state index contributed by atoms with van der Waals surface area (Å²) in [6.45, 7) is 3.58. The number of rotatable bonds is 0. The topological polar surface area (TPSA) is 40.5 Å². The highest BCUT2D eigenvalue weighted by atomic mass is 16.3. The smallest absolute Gasteiger partial charge is 0.101 e. The molecule has 2 atom stereocenters. The number of hydrogen-bond donors (Lipinski definition) is 2. The first kappa shape index (κ1) is 5.79. The predicted octanol–water partition coefficient (Wildman–Crippen LogP) is 0.0582. The third kappa shape index (κ3) is 0.767. The summed E-state index contributed by atoms with van der Waals surface area (Å²) in [6, 6.07) is 0. The van der Waals surface area contributed by atoms with Gasteiger partial charge in [-0.15, -0.1) is 0 Å². The summed E-state index contributed by atoms with van der Waals surface area (Å²) >= 11 is 0. The van der Waals surface area contributed by atoms with E-state index in [0.29, 0.717) is 6.42 Å². The van der Waals surface area contributed by atoms with Crippen molar-refractivity contribution in [2.75, 3.05) is 0 Å². The van der Waals surface area contributed by atoms with E-state index in [1.165, 1.54) is 0 Å². The van der Waals surface area contributed by atoms with Crippen molar-refractivity contribution in [2.24, 2.45) is 0 Å². The quantitative estimate of drug-likeness (QED) is 0.437. The van der Waals surface area contributed by atoms with E-state index in [9.17, 15) is 0 Å². The van der Waals surface area contributed by atoms with Crippen LogP contribution in [0.1, 0.15) is 12.8 Å². The largest absolute Gasteiger partial charge is 0.390 e. The molecule has 1 aliphatic carbocycles. The van der Waals surface area contributed by atoms with Gasteiger partial charge in [-0.2, -0.15) is 0 Å². The van der Waals surface area contributed by atoms with Crippen LogP contribution in [-0.4, -0.2) is 22.4 Å². The number of aliphatic hydroxyl groups is 2. The third-order valence-electron chi connectivity index (χ3n) is 1.54. The Hall–Kier alpha value is -0.340. The fourth-order valence-electron chi connectivity index (χ4n) is 0.911. The van der Waals surface area contributed by atoms with Gasteiger partial charge in [0, 0.05) is 0 Å². The van der Waals surface area contributed by atoms with Crippen LogP contribution in [0.3, 0.4) is 0 Å². The lowest BCUT2D eigenvalue weighted by molar-refractivity contribution is 0.0604. The van der Waals surface area contributed by atoms with Crippen molar-refractivity contribution in [3.05, 3.63) is 12.2 Å². The Labute approximate surface area is 48.5 Å². The van der Waals surface area contributed by atoms with E-state index in [1.807, 2.05) is 0 Å². The summed E-state index contributed by atoms with van der Waals surface area (Å²) < 4.78 is 0. The Kier molecular flexibility index (Phi) is 1.36. The Balaban J connectivity index is 2.56. The van der Waals surface area contributed by atoms with Crippen LogP contribution >= 0.6 is 0 Å². The first-order valence-electron chi connectivity index (χ1n) is 2.75. The highest BCUT2D eigenvalue weighted by molar-refractivity contribution is 5.10. The highest BCUT2D eigenvalue weighted by Crippen LogP contribution is 2.22. The van der Waals surface area contributed by atoms with Gasteiger partial charge in [0.2, 0.25) is 0 Å². The second-order valence-corrected chi connectivity index (χ2v) is 2.21. The lowest BCUT2D eigenvalue weighted by atomic mass is 10.2. The fourth-order valence-corrected chi connectivity index (χ4v) is 0.911. The molecule has 0 aliphatic heterocycles. The predicted molar refractivity (Wildman–Crippen MR) is 30.4 cm³/mol. The SMILES string of the molecule is C=C1CCC(O)C1O. The van der Waals surface area contributed by atoms with Crippen LogP contribution in [0.2, 0.25) is 0 Å². The third-order valence-corrected chi connectivity index (χ3v) is 1.54. The van der Waals surface area contributed by atoms with Crippen LogP contribution in [0, 0.1) is 0 Å². The second kappa shape index (κ2) is 1.88. The van der Waals surface area contributed by atoms with Crippen molar-refractivity contribution < 1.29 is 10.2 Å². The summed E-state index contributed by atoms with van der Waals surface area (Å²) in [6.07, 6.45) is 0.222.